The van der Waals surface area contributed by atoms with E-state index in [-0.39, 0.29) is 104 Å². The lowest BCUT2D eigenvalue weighted by molar-refractivity contribution is -0.148. The minimum atomic E-state index is -1.18. The lowest BCUT2D eigenvalue weighted by Crippen LogP contribution is -2.60. The Kier molecular flexibility index (Phi) is 33.4. The van der Waals surface area contributed by atoms with Gasteiger partial charge in [-0.15, -0.1) is 0 Å². The Hall–Kier alpha value is -7.51. The van der Waals surface area contributed by atoms with Crippen molar-refractivity contribution in [3.8, 4) is 0 Å². The highest BCUT2D eigenvalue weighted by atomic mass is 16.5. The van der Waals surface area contributed by atoms with Crippen LogP contribution in [0.1, 0.15) is 157 Å². The number of rotatable bonds is 41. The first-order valence-corrected chi connectivity index (χ1v) is 34.4. The van der Waals surface area contributed by atoms with Gasteiger partial charge in [-0.1, -0.05) is 125 Å². The number of carboxylic acid groups (broad SMARTS) is 1. The molecule has 0 aromatic heterocycles. The second kappa shape index (κ2) is 39.6. The predicted octanol–water partition coefficient (Wildman–Crippen LogP) is 5.44. The van der Waals surface area contributed by atoms with Crippen LogP contribution in [0.3, 0.4) is 0 Å². The van der Waals surface area contributed by atoms with Gasteiger partial charge in [-0.3, -0.25) is 53.0 Å². The molecule has 2 fully saturated rings. The standard InChI is InChI=1S/C71H113N11O14/c1-16-46(8)62(55(95-14)42-58(85)81-38-25-29-54(81)63(96-15)48(10)64(86)75-53(70(92)93)41-50-26-19-17-20-27-50)80(13)69(91)60(44(4)5)77-66(88)61(45(6)7)78(11)39-35-49-31-33-51(34-32-49)79(12)68(90)52(28-22-23-36-73-71(72)94)74-65(87)59(43(2)3)76-56(83)30-21-18-24-37-82-57(84)40-47(9)67(82)89/h17,19-20,26-27,31-34,43-48,52-55,59-63H,16,18,21-25,28-30,35-42H2,1-15H3,(H,74,87)(H,75,86)(H,76,83)(H,77,88)(H,92,93)(H3,72,73,94)/t46-,47?,48+,52-,53-,54-,55+,59-,60-,61-,62-,63+/m0/s1. The molecule has 2 aromatic rings. The van der Waals surface area contributed by atoms with Gasteiger partial charge in [0, 0.05) is 85.4 Å². The highest BCUT2D eigenvalue weighted by Crippen LogP contribution is 2.31. The van der Waals surface area contributed by atoms with Crippen molar-refractivity contribution in [2.75, 3.05) is 66.4 Å². The summed E-state index contributed by atoms with van der Waals surface area (Å²) in [6, 6.07) is 9.96. The summed E-state index contributed by atoms with van der Waals surface area (Å²) in [7, 11) is 8.15. The number of amides is 11. The quantitative estimate of drug-likeness (QED) is 0.0322. The number of ether oxygens (including phenoxy) is 2. The zero-order valence-electron chi connectivity index (χ0n) is 59.7. The van der Waals surface area contributed by atoms with Gasteiger partial charge in [-0.05, 0) is 105 Å². The van der Waals surface area contributed by atoms with Gasteiger partial charge in [0.25, 0.3) is 0 Å². The molecule has 2 aromatic carbocycles. The van der Waals surface area contributed by atoms with Crippen LogP contribution in [-0.2, 0) is 70.3 Å². The molecule has 0 spiro atoms. The van der Waals surface area contributed by atoms with Crippen LogP contribution >= 0.6 is 0 Å². The first-order chi connectivity index (χ1) is 45.4. The fourth-order valence-corrected chi connectivity index (χ4v) is 13.1. The maximum Gasteiger partial charge on any atom is 0.326 e. The molecule has 2 saturated heterocycles. The largest absolute Gasteiger partial charge is 0.480 e. The molecule has 1 unspecified atom stereocenters. The predicted molar refractivity (Wildman–Crippen MR) is 367 cm³/mol. The fraction of sp³-hybridized carbons (Fsp3) is 0.676. The Morgan fingerprint density at radius 3 is 1.93 bits per heavy atom. The number of carboxylic acids is 1. The van der Waals surface area contributed by atoms with Gasteiger partial charge in [0.2, 0.25) is 53.2 Å². The molecule has 4 rings (SSSR count). The minimum absolute atomic E-state index is 0.0880. The monoisotopic (exact) mass is 1340 g/mol. The minimum Gasteiger partial charge on any atom is -0.480 e. The lowest BCUT2D eigenvalue weighted by Gasteiger charge is -2.41. The number of urea groups is 1. The zero-order chi connectivity index (χ0) is 71.7. The summed E-state index contributed by atoms with van der Waals surface area (Å²) in [5.41, 5.74) is 7.50. The first-order valence-electron chi connectivity index (χ1n) is 34.4. The first kappa shape index (κ1) is 80.9. The Bertz CT molecular complexity index is 2900. The lowest BCUT2D eigenvalue weighted by atomic mass is 9.89. The van der Waals surface area contributed by atoms with Crippen LogP contribution < -0.4 is 37.2 Å². The summed E-state index contributed by atoms with van der Waals surface area (Å²) in [5, 5.41) is 24.1. The maximum atomic E-state index is 14.9. The van der Waals surface area contributed by atoms with Crippen molar-refractivity contribution in [2.45, 2.75) is 214 Å². The Labute approximate surface area is 569 Å². The Morgan fingerprint density at radius 2 is 1.36 bits per heavy atom. The molecule has 8 N–H and O–H groups in total. The van der Waals surface area contributed by atoms with Crippen LogP contribution in [0.5, 0.6) is 0 Å². The third-order valence-corrected chi connectivity index (χ3v) is 19.0. The highest BCUT2D eigenvalue weighted by molar-refractivity contribution is 6.03. The number of aliphatic carboxylic acids is 1. The molecular weight excluding hydrogens is 1230 g/mol. The average molecular weight is 1340 g/mol. The van der Waals surface area contributed by atoms with Gasteiger partial charge in [-0.2, -0.15) is 0 Å². The molecule has 12 atom stereocenters. The molecule has 0 bridgehead atoms. The van der Waals surface area contributed by atoms with Gasteiger partial charge in [-0.25, -0.2) is 9.59 Å². The Morgan fingerprint density at radius 1 is 0.719 bits per heavy atom. The van der Waals surface area contributed by atoms with Crippen molar-refractivity contribution in [1.29, 1.82) is 0 Å². The van der Waals surface area contributed by atoms with Crippen LogP contribution in [0.2, 0.25) is 0 Å². The van der Waals surface area contributed by atoms with E-state index in [1.54, 1.807) is 88.0 Å². The van der Waals surface area contributed by atoms with Crippen molar-refractivity contribution < 1.29 is 67.3 Å². The number of unbranched alkanes of at least 4 members (excludes halogenated alkanes) is 3. The van der Waals surface area contributed by atoms with E-state index in [0.29, 0.717) is 83.1 Å². The van der Waals surface area contributed by atoms with Crippen LogP contribution in [0.4, 0.5) is 10.5 Å². The molecule has 96 heavy (non-hydrogen) atoms. The smallest absolute Gasteiger partial charge is 0.326 e. The molecule has 2 aliphatic rings. The molecule has 2 aliphatic heterocycles. The second-order valence-corrected chi connectivity index (χ2v) is 27.3. The number of anilines is 1. The number of carbonyl (C=O) groups excluding carboxylic acids is 10. The summed E-state index contributed by atoms with van der Waals surface area (Å²) >= 11 is 0. The second-order valence-electron chi connectivity index (χ2n) is 27.3. The maximum absolute atomic E-state index is 14.9. The third kappa shape index (κ3) is 23.6. The topological polar surface area (TPSA) is 329 Å². The molecule has 0 aliphatic carbocycles. The summed E-state index contributed by atoms with van der Waals surface area (Å²) in [6.45, 7) is 20.1. The number of carbonyl (C=O) groups is 11. The zero-order valence-corrected chi connectivity index (χ0v) is 59.7. The number of hydrogen-bond donors (Lipinski definition) is 7. The molecular formula is C71H113N11O14. The number of benzene rings is 2. The van der Waals surface area contributed by atoms with E-state index < -0.39 is 90.1 Å². The van der Waals surface area contributed by atoms with Crippen LogP contribution in [0, 0.1) is 35.5 Å². The number of nitrogens with two attached hydrogens (primary N) is 1. The van der Waals surface area contributed by atoms with Crippen molar-refractivity contribution in [3.05, 3.63) is 65.7 Å². The van der Waals surface area contributed by atoms with Gasteiger partial charge in [0.05, 0.1) is 42.7 Å². The molecule has 11 amide bonds. The van der Waals surface area contributed by atoms with E-state index in [1.165, 1.54) is 24.0 Å². The Balaban J connectivity index is 1.40. The van der Waals surface area contributed by atoms with Crippen molar-refractivity contribution in [2.24, 2.45) is 41.2 Å². The number of methoxy groups -OCH3 is 2. The number of hydrogen-bond acceptors (Lipinski definition) is 14. The van der Waals surface area contributed by atoms with Crippen LogP contribution in [0.15, 0.2) is 54.6 Å². The fourth-order valence-electron chi connectivity index (χ4n) is 13.1. The number of nitrogens with zero attached hydrogens (tertiary/aromatic N) is 5. The average Bonchev–Trinajstić information content (AvgIpc) is 1.47. The molecule has 25 heteroatoms. The van der Waals surface area contributed by atoms with E-state index in [2.05, 4.69) is 26.6 Å². The van der Waals surface area contributed by atoms with Gasteiger partial charge in [0.1, 0.15) is 24.2 Å². The van der Waals surface area contributed by atoms with E-state index >= 15 is 0 Å². The van der Waals surface area contributed by atoms with Crippen molar-refractivity contribution >= 4 is 70.9 Å². The van der Waals surface area contributed by atoms with E-state index in [9.17, 15) is 57.8 Å². The molecule has 536 valence electrons. The number of imide groups is 1. The molecule has 2 heterocycles. The summed E-state index contributed by atoms with van der Waals surface area (Å²) in [6.07, 6.45) is 3.99. The van der Waals surface area contributed by atoms with Gasteiger partial charge < -0.3 is 61.6 Å². The van der Waals surface area contributed by atoms with Crippen LogP contribution in [-0.4, -0.2) is 206 Å². The van der Waals surface area contributed by atoms with Gasteiger partial charge in [0.15, 0.2) is 0 Å². The van der Waals surface area contributed by atoms with Gasteiger partial charge >= 0.3 is 12.0 Å². The van der Waals surface area contributed by atoms with Crippen molar-refractivity contribution in [3.63, 3.8) is 0 Å². The normalized spacial score (nSPS) is 18.0. The third-order valence-electron chi connectivity index (χ3n) is 19.0. The highest BCUT2D eigenvalue weighted by Gasteiger charge is 2.44. The SMILES string of the molecule is CC[C@H](C)[C@@H]([C@@H](CC(=O)N1CCC[C@H]1[C@H](OC)[C@@H](C)C(=O)N[C@@H](Cc1ccccc1)C(=O)O)OC)N(C)C(=O)[C@@H](NC(=O)[C@H](C(C)C)N(C)CCc1ccc(N(C)C(=O)[C@H](CCCCNC(N)=O)NC(=O)[C@@H](NC(=O)CCCCCN2C(=O)CC(C)C2=O)C(C)C)cc1)C(C)C. The van der Waals surface area contributed by atoms with E-state index in [1.807, 2.05) is 71.7 Å². The molecule has 0 saturated carbocycles. The molecule has 25 nitrogen and oxygen atoms in total. The van der Waals surface area contributed by atoms with E-state index in [4.69, 9.17) is 15.2 Å². The molecule has 0 radical (unpaired) electrons. The van der Waals surface area contributed by atoms with Crippen molar-refractivity contribution in [1.82, 2.24) is 46.2 Å². The van der Waals surface area contributed by atoms with E-state index in [0.717, 1.165) is 11.1 Å². The summed E-state index contributed by atoms with van der Waals surface area (Å²) in [5.74, 6) is -6.33. The number of nitrogens with one attached hydrogen (secondary N) is 5. The number of likely N-dealkylation sites (tertiary alicyclic amines) is 2. The van der Waals surface area contributed by atoms with Crippen LogP contribution in [0.25, 0.3) is 0 Å². The summed E-state index contributed by atoms with van der Waals surface area (Å²) < 4.78 is 12.1. The number of likely N-dealkylation sites (N-methyl/N-ethyl adjacent to an activating group) is 3. The number of primary amides is 1. The summed E-state index contributed by atoms with van der Waals surface area (Å²) in [4.78, 5) is 155.